The zero-order chi connectivity index (χ0) is 18.1. The van der Waals surface area contributed by atoms with Crippen molar-refractivity contribution in [3.63, 3.8) is 0 Å². The number of hydrogen-bond donors (Lipinski definition) is 2. The van der Waals surface area contributed by atoms with E-state index in [2.05, 4.69) is 4.99 Å². The number of carbonyl (C=O) groups excluding carboxylic acids is 2. The minimum absolute atomic E-state index is 0.127. The number of hydrogen-bond acceptors (Lipinski definition) is 5. The molecule has 0 aliphatic carbocycles. The van der Waals surface area contributed by atoms with Crippen molar-refractivity contribution in [3.8, 4) is 11.5 Å². The lowest BCUT2D eigenvalue weighted by atomic mass is 10.0. The molecule has 0 spiro atoms. The van der Waals surface area contributed by atoms with Gasteiger partial charge in [-0.1, -0.05) is 12.1 Å². The molecule has 1 fully saturated rings. The number of amides is 3. The summed E-state index contributed by atoms with van der Waals surface area (Å²) in [5, 5.41) is 19.0. The highest BCUT2D eigenvalue weighted by atomic mass is 16.3. The van der Waals surface area contributed by atoms with Crippen molar-refractivity contribution in [1.82, 2.24) is 9.80 Å². The molecule has 0 aromatic heterocycles. The monoisotopic (exact) mass is 331 g/mol. The van der Waals surface area contributed by atoms with Crippen molar-refractivity contribution in [3.05, 3.63) is 35.5 Å². The molecule has 3 amide bonds. The molecule has 1 aromatic carbocycles. The van der Waals surface area contributed by atoms with Crippen molar-refractivity contribution >= 4 is 18.2 Å². The molecule has 2 rings (SSSR count). The fraction of sp³-hybridized carbons (Fsp3) is 0.353. The molecule has 1 saturated heterocycles. The van der Waals surface area contributed by atoms with Crippen LogP contribution in [0.25, 0.3) is 0 Å². The van der Waals surface area contributed by atoms with Crippen molar-refractivity contribution in [2.45, 2.75) is 32.9 Å². The van der Waals surface area contributed by atoms with Gasteiger partial charge < -0.3 is 15.1 Å². The number of urea groups is 1. The molecule has 1 heterocycles. The van der Waals surface area contributed by atoms with Gasteiger partial charge in [0.05, 0.1) is 5.70 Å². The number of aliphatic imine (C=N–C) groups is 1. The summed E-state index contributed by atoms with van der Waals surface area (Å²) in [7, 11) is 1.57. The number of allylic oxidation sites excluding steroid dienone is 2. The van der Waals surface area contributed by atoms with Gasteiger partial charge in [-0.25, -0.2) is 9.69 Å². The van der Waals surface area contributed by atoms with E-state index in [9.17, 15) is 19.8 Å². The predicted octanol–water partition coefficient (Wildman–Crippen LogP) is 2.25. The number of imide groups is 1. The topological polar surface area (TPSA) is 93.4 Å². The van der Waals surface area contributed by atoms with Crippen molar-refractivity contribution in [2.24, 2.45) is 4.99 Å². The molecule has 0 saturated carbocycles. The average Bonchev–Trinajstić information content (AvgIpc) is 2.69. The fourth-order valence-corrected chi connectivity index (χ4v) is 2.57. The number of phenolic OH excluding ortho intramolecular Hbond substituents is 2. The van der Waals surface area contributed by atoms with Gasteiger partial charge >= 0.3 is 6.03 Å². The highest BCUT2D eigenvalue weighted by Crippen LogP contribution is 2.33. The van der Waals surface area contributed by atoms with E-state index >= 15 is 0 Å². The maximum absolute atomic E-state index is 12.8. The zero-order valence-electron chi connectivity index (χ0n) is 14.1. The first-order valence-corrected chi connectivity index (χ1v) is 7.49. The Balaban J connectivity index is 2.38. The third-order valence-electron chi connectivity index (χ3n) is 4.02. The minimum atomic E-state index is -1.04. The molecule has 0 radical (unpaired) electrons. The Morgan fingerprint density at radius 1 is 1.25 bits per heavy atom. The Hall–Kier alpha value is -2.83. The molecule has 7 heteroatoms. The number of benzene rings is 1. The van der Waals surface area contributed by atoms with Gasteiger partial charge in [0, 0.05) is 19.8 Å². The second-order valence-electron chi connectivity index (χ2n) is 5.99. The molecule has 1 aromatic rings. The summed E-state index contributed by atoms with van der Waals surface area (Å²) in [5.74, 6) is -0.852. The lowest BCUT2D eigenvalue weighted by molar-refractivity contribution is -0.130. The van der Waals surface area contributed by atoms with Crippen LogP contribution >= 0.6 is 0 Å². The Morgan fingerprint density at radius 3 is 2.46 bits per heavy atom. The number of aromatic hydroxyl groups is 2. The van der Waals surface area contributed by atoms with Crippen LogP contribution in [-0.2, 0) is 11.3 Å². The number of carbonyl (C=O) groups is 2. The van der Waals surface area contributed by atoms with E-state index in [0.717, 1.165) is 4.90 Å². The van der Waals surface area contributed by atoms with Gasteiger partial charge in [-0.3, -0.25) is 9.79 Å². The first-order valence-electron chi connectivity index (χ1n) is 7.49. The Bertz CT molecular complexity index is 737. The van der Waals surface area contributed by atoms with Gasteiger partial charge in [0.15, 0.2) is 11.5 Å². The lowest BCUT2D eigenvalue weighted by Crippen LogP contribution is -2.43. The van der Waals surface area contributed by atoms with Gasteiger partial charge in [-0.05, 0) is 38.5 Å². The predicted molar refractivity (Wildman–Crippen MR) is 89.8 cm³/mol. The van der Waals surface area contributed by atoms with Crippen LogP contribution in [-0.4, -0.2) is 50.8 Å². The molecule has 1 aliphatic rings. The number of rotatable bonds is 4. The molecule has 2 N–H and O–H groups in total. The van der Waals surface area contributed by atoms with E-state index in [1.54, 1.807) is 40.0 Å². The van der Waals surface area contributed by atoms with E-state index in [-0.39, 0.29) is 24.0 Å². The van der Waals surface area contributed by atoms with Gasteiger partial charge in [0.25, 0.3) is 5.91 Å². The third kappa shape index (κ3) is 2.84. The Kier molecular flexibility index (Phi) is 4.64. The summed E-state index contributed by atoms with van der Waals surface area (Å²) in [6, 6.07) is 3.86. The first-order chi connectivity index (χ1) is 11.2. The van der Waals surface area contributed by atoms with E-state index < -0.39 is 11.6 Å². The van der Waals surface area contributed by atoms with Gasteiger partial charge in [0.1, 0.15) is 5.54 Å². The molecule has 1 aliphatic heterocycles. The molecule has 0 bridgehead atoms. The van der Waals surface area contributed by atoms with Crippen molar-refractivity contribution in [2.75, 3.05) is 7.05 Å². The van der Waals surface area contributed by atoms with Crippen molar-refractivity contribution in [1.29, 1.82) is 0 Å². The zero-order valence-corrected chi connectivity index (χ0v) is 14.1. The number of phenols is 2. The van der Waals surface area contributed by atoms with Gasteiger partial charge in [-0.2, -0.15) is 0 Å². The summed E-state index contributed by atoms with van der Waals surface area (Å²) in [5.41, 5.74) is -0.0235. The normalized spacial score (nSPS) is 18.1. The smallest absolute Gasteiger partial charge is 0.332 e. The van der Waals surface area contributed by atoms with Crippen molar-refractivity contribution < 1.29 is 19.8 Å². The van der Waals surface area contributed by atoms with E-state index in [1.807, 2.05) is 0 Å². The SMILES string of the molecule is C/C=C(\C=NC)N1C(=O)N(Cc2ccc(O)c(O)c2)C(C)(C)C1=O. The molecular formula is C17H21N3O4. The Morgan fingerprint density at radius 2 is 1.92 bits per heavy atom. The maximum atomic E-state index is 12.8. The van der Waals surface area contributed by atoms with Crippen LogP contribution in [0.3, 0.4) is 0 Å². The summed E-state index contributed by atoms with van der Waals surface area (Å²) < 4.78 is 0. The van der Waals surface area contributed by atoms with E-state index in [4.69, 9.17) is 0 Å². The van der Waals surface area contributed by atoms with Crippen LogP contribution in [0.5, 0.6) is 11.5 Å². The van der Waals surface area contributed by atoms with Crippen LogP contribution in [0.1, 0.15) is 26.3 Å². The average molecular weight is 331 g/mol. The fourth-order valence-electron chi connectivity index (χ4n) is 2.57. The van der Waals surface area contributed by atoms with Crippen LogP contribution in [0.15, 0.2) is 35.0 Å². The molecule has 128 valence electrons. The van der Waals surface area contributed by atoms with Gasteiger partial charge in [-0.15, -0.1) is 0 Å². The van der Waals surface area contributed by atoms with Crippen LogP contribution in [0, 0.1) is 0 Å². The molecular weight excluding hydrogens is 310 g/mol. The minimum Gasteiger partial charge on any atom is -0.504 e. The van der Waals surface area contributed by atoms with Crippen LogP contribution < -0.4 is 0 Å². The largest absolute Gasteiger partial charge is 0.504 e. The third-order valence-corrected chi connectivity index (χ3v) is 4.02. The summed E-state index contributed by atoms with van der Waals surface area (Å²) in [6.45, 7) is 5.20. The standard InChI is InChI=1S/C17H21N3O4/c1-5-12(9-18-4)20-15(23)17(2,3)19(16(20)24)10-11-6-7-13(21)14(22)8-11/h5-9,21-22H,10H2,1-4H3/b12-5+,18-9?. The second-order valence-corrected chi connectivity index (χ2v) is 5.99. The second kappa shape index (κ2) is 6.35. The lowest BCUT2D eigenvalue weighted by Gasteiger charge is -2.27. The Labute approximate surface area is 140 Å². The van der Waals surface area contributed by atoms with E-state index in [0.29, 0.717) is 11.3 Å². The summed E-state index contributed by atoms with van der Waals surface area (Å²) in [6.07, 6.45) is 3.11. The van der Waals surface area contributed by atoms with Crippen LogP contribution in [0.2, 0.25) is 0 Å². The highest BCUT2D eigenvalue weighted by molar-refractivity contribution is 6.11. The van der Waals surface area contributed by atoms with E-state index in [1.165, 1.54) is 23.2 Å². The molecule has 0 atom stereocenters. The summed E-state index contributed by atoms with van der Waals surface area (Å²) >= 11 is 0. The first kappa shape index (κ1) is 17.5. The van der Waals surface area contributed by atoms with Gasteiger partial charge in [0.2, 0.25) is 0 Å². The maximum Gasteiger partial charge on any atom is 0.332 e. The summed E-state index contributed by atoms with van der Waals surface area (Å²) in [4.78, 5) is 31.9. The quantitative estimate of drug-likeness (QED) is 0.503. The van der Waals surface area contributed by atoms with Crippen LogP contribution in [0.4, 0.5) is 4.79 Å². The molecule has 24 heavy (non-hydrogen) atoms. The molecule has 0 unspecified atom stereocenters. The molecule has 7 nitrogen and oxygen atoms in total. The number of nitrogens with zero attached hydrogens (tertiary/aromatic N) is 3. The highest BCUT2D eigenvalue weighted by Gasteiger charge is 2.52.